The van der Waals surface area contributed by atoms with Crippen LogP contribution in [0.4, 0.5) is 0 Å². The summed E-state index contributed by atoms with van der Waals surface area (Å²) in [4.78, 5) is 0. The molecule has 16 heavy (non-hydrogen) atoms. The van der Waals surface area contributed by atoms with Crippen molar-refractivity contribution in [3.8, 4) is 0 Å². The number of hydrogen-bond acceptors (Lipinski definition) is 0. The lowest BCUT2D eigenvalue weighted by Crippen LogP contribution is -2.37. The number of rotatable bonds is 8. The van der Waals surface area contributed by atoms with Gasteiger partial charge in [0.1, 0.15) is 12.4 Å². The van der Waals surface area contributed by atoms with E-state index < -0.39 is 0 Å². The van der Waals surface area contributed by atoms with Crippen molar-refractivity contribution in [3.63, 3.8) is 0 Å². The second-order valence-electron chi connectivity index (χ2n) is 4.52. The van der Waals surface area contributed by atoms with Crippen LogP contribution in [0, 0.1) is 0 Å². The minimum atomic E-state index is 1.14. The lowest BCUT2D eigenvalue weighted by molar-refractivity contribution is -0.704. The van der Waals surface area contributed by atoms with Gasteiger partial charge in [-0.3, -0.25) is 0 Å². The molecule has 0 aliphatic heterocycles. The van der Waals surface area contributed by atoms with Gasteiger partial charge in [0.05, 0.1) is 13.1 Å². The zero-order chi connectivity index (χ0) is 11.8. The van der Waals surface area contributed by atoms with Gasteiger partial charge in [0.25, 0.3) is 5.82 Å². The fourth-order valence-corrected chi connectivity index (χ4v) is 2.17. The molecule has 0 aromatic carbocycles. The van der Waals surface area contributed by atoms with Crippen LogP contribution in [0.5, 0.6) is 0 Å². The van der Waals surface area contributed by atoms with Crippen LogP contribution in [0.3, 0.4) is 0 Å². The van der Waals surface area contributed by atoms with Crippen LogP contribution in [-0.4, -0.2) is 4.57 Å². The van der Waals surface area contributed by atoms with E-state index >= 15 is 0 Å². The standard InChI is InChI=1S/C14H27N2/c1-4-7-9-11-16-13-12-15(10-8-5-2)14(16)6-3/h12-13H,4-11H2,1-3H3/q+1. The molecule has 0 aliphatic carbocycles. The number of unbranched alkanes of at least 4 members (excludes halogenated alkanes) is 3. The summed E-state index contributed by atoms with van der Waals surface area (Å²) in [6.07, 6.45) is 12.2. The molecular formula is C14H27N2+. The zero-order valence-corrected chi connectivity index (χ0v) is 11.2. The van der Waals surface area contributed by atoms with Gasteiger partial charge >= 0.3 is 0 Å². The Kier molecular flexibility index (Phi) is 6.20. The molecule has 0 aliphatic rings. The van der Waals surface area contributed by atoms with E-state index in [1.54, 1.807) is 0 Å². The van der Waals surface area contributed by atoms with E-state index in [4.69, 9.17) is 0 Å². The van der Waals surface area contributed by atoms with Gasteiger partial charge in [-0.2, -0.15) is 0 Å². The molecule has 1 rings (SSSR count). The summed E-state index contributed by atoms with van der Waals surface area (Å²) in [5.41, 5.74) is 0. The Morgan fingerprint density at radius 3 is 2.44 bits per heavy atom. The van der Waals surface area contributed by atoms with Crippen molar-refractivity contribution >= 4 is 0 Å². The summed E-state index contributed by atoms with van der Waals surface area (Å²) in [5, 5.41) is 0. The largest absolute Gasteiger partial charge is 0.256 e. The van der Waals surface area contributed by atoms with Gasteiger partial charge in [-0.25, -0.2) is 9.13 Å². The fourth-order valence-electron chi connectivity index (χ4n) is 2.17. The van der Waals surface area contributed by atoms with Crippen LogP contribution in [-0.2, 0) is 19.5 Å². The van der Waals surface area contributed by atoms with E-state index in [2.05, 4.69) is 42.3 Å². The van der Waals surface area contributed by atoms with Crippen LogP contribution < -0.4 is 4.57 Å². The van der Waals surface area contributed by atoms with Gasteiger partial charge in [-0.1, -0.05) is 33.6 Å². The fraction of sp³-hybridized carbons (Fsp3) is 0.786. The van der Waals surface area contributed by atoms with E-state index in [0.29, 0.717) is 0 Å². The summed E-state index contributed by atoms with van der Waals surface area (Å²) in [7, 11) is 0. The lowest BCUT2D eigenvalue weighted by Gasteiger charge is -2.02. The number of hydrogen-bond donors (Lipinski definition) is 0. The molecule has 0 unspecified atom stereocenters. The highest BCUT2D eigenvalue weighted by molar-refractivity contribution is 4.82. The second kappa shape index (κ2) is 7.48. The van der Waals surface area contributed by atoms with Crippen molar-refractivity contribution in [2.75, 3.05) is 0 Å². The maximum absolute atomic E-state index is 2.44. The molecule has 0 amide bonds. The van der Waals surface area contributed by atoms with Crippen molar-refractivity contribution in [3.05, 3.63) is 18.2 Å². The van der Waals surface area contributed by atoms with Crippen LogP contribution >= 0.6 is 0 Å². The summed E-state index contributed by atoms with van der Waals surface area (Å²) in [6.45, 7) is 9.15. The maximum Gasteiger partial charge on any atom is 0.256 e. The summed E-state index contributed by atoms with van der Waals surface area (Å²) in [6, 6.07) is 0. The molecule has 0 bridgehead atoms. The molecule has 0 radical (unpaired) electrons. The molecule has 0 saturated heterocycles. The Morgan fingerprint density at radius 2 is 1.81 bits per heavy atom. The highest BCUT2D eigenvalue weighted by atomic mass is 15.1. The minimum absolute atomic E-state index is 1.14. The second-order valence-corrected chi connectivity index (χ2v) is 4.52. The topological polar surface area (TPSA) is 8.81 Å². The Labute approximate surface area is 100 Å². The van der Waals surface area contributed by atoms with Crippen molar-refractivity contribution in [2.45, 2.75) is 72.4 Å². The van der Waals surface area contributed by atoms with Gasteiger partial charge in [0, 0.05) is 6.42 Å². The molecule has 1 aromatic heterocycles. The van der Waals surface area contributed by atoms with Crippen LogP contribution in [0.1, 0.15) is 58.7 Å². The lowest BCUT2D eigenvalue weighted by atomic mass is 10.2. The van der Waals surface area contributed by atoms with Crippen LogP contribution in [0.25, 0.3) is 0 Å². The summed E-state index contributed by atoms with van der Waals surface area (Å²) < 4.78 is 4.86. The van der Waals surface area contributed by atoms with Crippen molar-refractivity contribution in [1.82, 2.24) is 4.57 Å². The van der Waals surface area contributed by atoms with E-state index in [0.717, 1.165) is 6.42 Å². The number of aryl methyl sites for hydroxylation is 2. The molecule has 0 saturated carbocycles. The molecular weight excluding hydrogens is 196 g/mol. The van der Waals surface area contributed by atoms with Gasteiger partial charge in [-0.15, -0.1) is 0 Å². The highest BCUT2D eigenvalue weighted by Crippen LogP contribution is 2.02. The molecule has 1 heterocycles. The van der Waals surface area contributed by atoms with Crippen molar-refractivity contribution < 1.29 is 4.57 Å². The molecule has 0 atom stereocenters. The molecule has 92 valence electrons. The maximum atomic E-state index is 2.44. The van der Waals surface area contributed by atoms with E-state index in [1.807, 2.05) is 0 Å². The first-order chi connectivity index (χ1) is 7.83. The number of aromatic nitrogens is 2. The molecule has 0 N–H and O–H groups in total. The predicted molar refractivity (Wildman–Crippen MR) is 68.4 cm³/mol. The SMILES string of the molecule is CCCCC[n+]1ccn(CCCC)c1CC. The quantitative estimate of drug-likeness (QED) is 0.472. The Morgan fingerprint density at radius 1 is 1.06 bits per heavy atom. The van der Waals surface area contributed by atoms with Crippen LogP contribution in [0.15, 0.2) is 12.4 Å². The Hall–Kier alpha value is -0.790. The minimum Gasteiger partial charge on any atom is -0.234 e. The first-order valence-electron chi connectivity index (χ1n) is 6.90. The van der Waals surface area contributed by atoms with Crippen molar-refractivity contribution in [1.29, 1.82) is 0 Å². The van der Waals surface area contributed by atoms with Gasteiger partial charge < -0.3 is 0 Å². The number of imidazole rings is 1. The van der Waals surface area contributed by atoms with Gasteiger partial charge in [0.15, 0.2) is 0 Å². The average Bonchev–Trinajstić information content (AvgIpc) is 2.69. The zero-order valence-electron chi connectivity index (χ0n) is 11.2. The monoisotopic (exact) mass is 223 g/mol. The van der Waals surface area contributed by atoms with Gasteiger partial charge in [0.2, 0.25) is 0 Å². The summed E-state index contributed by atoms with van der Waals surface area (Å²) >= 11 is 0. The van der Waals surface area contributed by atoms with E-state index in [1.165, 1.54) is 51.0 Å². The van der Waals surface area contributed by atoms with Crippen molar-refractivity contribution in [2.24, 2.45) is 0 Å². The highest BCUT2D eigenvalue weighted by Gasteiger charge is 2.13. The average molecular weight is 223 g/mol. The Balaban J connectivity index is 2.58. The van der Waals surface area contributed by atoms with Gasteiger partial charge in [-0.05, 0) is 19.3 Å². The third kappa shape index (κ3) is 3.66. The van der Waals surface area contributed by atoms with E-state index in [-0.39, 0.29) is 0 Å². The van der Waals surface area contributed by atoms with E-state index in [9.17, 15) is 0 Å². The molecule has 2 nitrogen and oxygen atoms in total. The normalized spacial score (nSPS) is 10.9. The first-order valence-corrected chi connectivity index (χ1v) is 6.90. The smallest absolute Gasteiger partial charge is 0.234 e. The third-order valence-electron chi connectivity index (χ3n) is 3.16. The first kappa shape index (κ1) is 13.3. The molecule has 1 aromatic rings. The predicted octanol–water partition coefficient (Wildman–Crippen LogP) is 3.33. The Bertz CT molecular complexity index is 289. The molecule has 0 spiro atoms. The molecule has 0 fully saturated rings. The van der Waals surface area contributed by atoms with Crippen LogP contribution in [0.2, 0.25) is 0 Å². The third-order valence-corrected chi connectivity index (χ3v) is 3.16. The summed E-state index contributed by atoms with van der Waals surface area (Å²) in [5.74, 6) is 1.49. The molecule has 2 heteroatoms. The number of nitrogens with zero attached hydrogens (tertiary/aromatic N) is 2.